The van der Waals surface area contributed by atoms with Crippen LogP contribution in [0, 0.1) is 23.1 Å². The van der Waals surface area contributed by atoms with Gasteiger partial charge >= 0.3 is 7.12 Å². The molecule has 22 heavy (non-hydrogen) atoms. The number of halogens is 1. The summed E-state index contributed by atoms with van der Waals surface area (Å²) in [6, 6.07) is 6.63. The van der Waals surface area contributed by atoms with E-state index in [0.717, 1.165) is 17.9 Å². The Morgan fingerprint density at radius 2 is 1.86 bits per heavy atom. The van der Waals surface area contributed by atoms with Crippen LogP contribution in [0.1, 0.15) is 46.6 Å². The summed E-state index contributed by atoms with van der Waals surface area (Å²) in [7, 11) is -0.194. The topological polar surface area (TPSA) is 18.5 Å². The van der Waals surface area contributed by atoms with Gasteiger partial charge in [0.15, 0.2) is 0 Å². The number of rotatable bonds is 2. The number of benzene rings is 1. The Balaban J connectivity index is 0.00000144. The van der Waals surface area contributed by atoms with Crippen LogP contribution in [0.2, 0.25) is 0 Å². The van der Waals surface area contributed by atoms with E-state index in [9.17, 15) is 4.39 Å². The molecule has 3 aliphatic carbocycles. The van der Waals surface area contributed by atoms with Crippen molar-refractivity contribution < 1.29 is 13.7 Å². The minimum atomic E-state index is -0.199. The molecule has 0 aromatic heterocycles. The average molecular weight is 304 g/mol. The number of hydrogen-bond acceptors (Lipinski definition) is 2. The second-order valence-corrected chi connectivity index (χ2v) is 7.73. The Bertz CT molecular complexity index is 559. The van der Waals surface area contributed by atoms with Gasteiger partial charge in [0.1, 0.15) is 5.82 Å². The van der Waals surface area contributed by atoms with Crippen molar-refractivity contribution >= 4 is 7.12 Å². The van der Waals surface area contributed by atoms with Crippen LogP contribution in [0.15, 0.2) is 24.3 Å². The Morgan fingerprint density at radius 1 is 1.18 bits per heavy atom. The smallest absolute Gasteiger partial charge is 0.405 e. The van der Waals surface area contributed by atoms with Gasteiger partial charge in [0.25, 0.3) is 0 Å². The molecule has 0 amide bonds. The van der Waals surface area contributed by atoms with E-state index in [0.29, 0.717) is 17.7 Å². The molecule has 4 aliphatic rings. The summed E-state index contributed by atoms with van der Waals surface area (Å²) in [4.78, 5) is 0. The number of hydrogen-bond donors (Lipinski definition) is 0. The second kappa shape index (κ2) is 5.07. The Labute approximate surface area is 133 Å². The van der Waals surface area contributed by atoms with Crippen LogP contribution in [0.5, 0.6) is 0 Å². The standard InChI is InChI=1S/C17H22BFO2.CH4/c1-16(2)12-8-14(16)17(3)15(9-12)20-18(21-17)10-11-4-6-13(19)7-5-11;/h4-7,12,14-15H,8-10H2,1-3H3;1H4/t12?,14?,15?,17-;/m0./s1. The minimum Gasteiger partial charge on any atom is -0.405 e. The summed E-state index contributed by atoms with van der Waals surface area (Å²) >= 11 is 0. The second-order valence-electron chi connectivity index (χ2n) is 7.73. The Morgan fingerprint density at radius 3 is 2.50 bits per heavy atom. The van der Waals surface area contributed by atoms with Crippen molar-refractivity contribution in [1.82, 2.24) is 0 Å². The molecule has 1 aliphatic heterocycles. The molecule has 2 nitrogen and oxygen atoms in total. The van der Waals surface area contributed by atoms with Gasteiger partial charge in [-0.1, -0.05) is 33.4 Å². The lowest BCUT2D eigenvalue weighted by atomic mass is 9.43. The summed E-state index contributed by atoms with van der Waals surface area (Å²) in [6.45, 7) is 6.96. The van der Waals surface area contributed by atoms with Crippen LogP contribution in [-0.2, 0) is 15.6 Å². The van der Waals surface area contributed by atoms with E-state index < -0.39 is 0 Å². The predicted octanol–water partition coefficient (Wildman–Crippen LogP) is 4.27. The van der Waals surface area contributed by atoms with Gasteiger partial charge in [0.05, 0.1) is 11.7 Å². The highest BCUT2D eigenvalue weighted by Gasteiger charge is 2.67. The summed E-state index contributed by atoms with van der Waals surface area (Å²) in [5.41, 5.74) is 1.29. The van der Waals surface area contributed by atoms with Crippen LogP contribution in [0.4, 0.5) is 4.39 Å². The third-order valence-corrected chi connectivity index (χ3v) is 6.32. The highest BCUT2D eigenvalue weighted by atomic mass is 19.1. The maximum absolute atomic E-state index is 13.0. The molecule has 1 saturated heterocycles. The van der Waals surface area contributed by atoms with Gasteiger partial charge in [0.2, 0.25) is 0 Å². The molecule has 1 aromatic rings. The molecule has 0 N–H and O–H groups in total. The van der Waals surface area contributed by atoms with E-state index in [1.165, 1.54) is 18.6 Å². The van der Waals surface area contributed by atoms with Crippen molar-refractivity contribution in [2.75, 3.05) is 0 Å². The molecular weight excluding hydrogens is 278 g/mol. The first-order valence-electron chi connectivity index (χ1n) is 7.97. The van der Waals surface area contributed by atoms with E-state index in [1.54, 1.807) is 0 Å². The average Bonchev–Trinajstić information content (AvgIpc) is 2.76. The van der Waals surface area contributed by atoms with Crippen LogP contribution < -0.4 is 0 Å². The van der Waals surface area contributed by atoms with Crippen molar-refractivity contribution in [2.24, 2.45) is 17.3 Å². The zero-order valence-corrected chi connectivity index (χ0v) is 12.9. The molecule has 2 bridgehead atoms. The van der Waals surface area contributed by atoms with Crippen molar-refractivity contribution in [2.45, 2.75) is 59.1 Å². The van der Waals surface area contributed by atoms with Gasteiger partial charge < -0.3 is 9.31 Å². The van der Waals surface area contributed by atoms with Crippen LogP contribution in [0.25, 0.3) is 0 Å². The third kappa shape index (κ3) is 2.15. The molecule has 0 radical (unpaired) electrons. The molecule has 1 aromatic carbocycles. The summed E-state index contributed by atoms with van der Waals surface area (Å²) in [5, 5.41) is 0. The van der Waals surface area contributed by atoms with Crippen molar-refractivity contribution in [3.63, 3.8) is 0 Å². The quantitative estimate of drug-likeness (QED) is 0.760. The Kier molecular flexibility index (Phi) is 3.69. The lowest BCUT2D eigenvalue weighted by molar-refractivity contribution is -0.199. The van der Waals surface area contributed by atoms with Gasteiger partial charge in [-0.05, 0) is 54.7 Å². The van der Waals surface area contributed by atoms with Gasteiger partial charge in [0, 0.05) is 6.32 Å². The first-order chi connectivity index (χ1) is 9.89. The van der Waals surface area contributed by atoms with Crippen LogP contribution in [-0.4, -0.2) is 18.8 Å². The fourth-order valence-corrected chi connectivity index (χ4v) is 4.85. The Hall–Kier alpha value is -0.865. The highest BCUT2D eigenvalue weighted by molar-refractivity contribution is 6.44. The lowest BCUT2D eigenvalue weighted by Gasteiger charge is -2.64. The van der Waals surface area contributed by atoms with Gasteiger partial charge in [-0.15, -0.1) is 0 Å². The minimum absolute atomic E-state index is 0. The maximum Gasteiger partial charge on any atom is 0.462 e. The van der Waals surface area contributed by atoms with Crippen molar-refractivity contribution in [1.29, 1.82) is 0 Å². The van der Waals surface area contributed by atoms with Crippen molar-refractivity contribution in [3.05, 3.63) is 35.6 Å². The molecule has 4 fully saturated rings. The first-order valence-corrected chi connectivity index (χ1v) is 7.97. The van der Waals surface area contributed by atoms with Gasteiger partial charge in [-0.25, -0.2) is 4.39 Å². The van der Waals surface area contributed by atoms with E-state index in [1.807, 2.05) is 12.1 Å². The van der Waals surface area contributed by atoms with E-state index in [-0.39, 0.29) is 32.1 Å². The fourth-order valence-electron chi connectivity index (χ4n) is 4.85. The van der Waals surface area contributed by atoms with Crippen molar-refractivity contribution in [3.8, 4) is 0 Å². The van der Waals surface area contributed by atoms with Crippen LogP contribution >= 0.6 is 0 Å². The molecule has 4 atom stereocenters. The monoisotopic (exact) mass is 304 g/mol. The molecule has 1 heterocycles. The fraction of sp³-hybridized carbons (Fsp3) is 0.667. The molecule has 3 unspecified atom stereocenters. The summed E-state index contributed by atoms with van der Waals surface area (Å²) < 4.78 is 25.5. The molecule has 120 valence electrons. The van der Waals surface area contributed by atoms with Gasteiger partial charge in [-0.2, -0.15) is 0 Å². The molecule has 5 rings (SSSR count). The zero-order chi connectivity index (χ0) is 14.8. The molecular formula is C18H26BFO2. The van der Waals surface area contributed by atoms with E-state index in [4.69, 9.17) is 9.31 Å². The lowest BCUT2D eigenvalue weighted by Crippen LogP contribution is -2.65. The SMILES string of the molecule is C.CC1(C)C2CC3OB(Cc4ccc(F)cc4)O[C@@]3(C)C1C2. The largest absolute Gasteiger partial charge is 0.462 e. The zero-order valence-electron chi connectivity index (χ0n) is 12.9. The predicted molar refractivity (Wildman–Crippen MR) is 86.9 cm³/mol. The van der Waals surface area contributed by atoms with Gasteiger partial charge in [-0.3, -0.25) is 0 Å². The van der Waals surface area contributed by atoms with E-state index >= 15 is 0 Å². The first kappa shape index (κ1) is 16.0. The normalized spacial score (nSPS) is 38.0. The third-order valence-electron chi connectivity index (χ3n) is 6.32. The molecule has 0 spiro atoms. The summed E-state index contributed by atoms with van der Waals surface area (Å²) in [6.07, 6.45) is 3.30. The highest BCUT2D eigenvalue weighted by Crippen LogP contribution is 2.65. The van der Waals surface area contributed by atoms with Crippen LogP contribution in [0.3, 0.4) is 0 Å². The maximum atomic E-state index is 13.0. The molecule has 3 saturated carbocycles. The summed E-state index contributed by atoms with van der Waals surface area (Å²) in [5.74, 6) is 1.16. The van der Waals surface area contributed by atoms with E-state index in [2.05, 4.69) is 20.8 Å². The molecule has 4 heteroatoms.